The number of benzene rings is 2. The van der Waals surface area contributed by atoms with E-state index in [1.807, 2.05) is 12.1 Å². The zero-order valence-electron chi connectivity index (χ0n) is 16.3. The standard InChI is InChI=1S/C21H22N4O4S/c1-29-19-6-2-4-16(12-19)15-24-30(27,28)20-9-7-18(8-10-20)25-21(26)23-14-17-5-3-11-22-13-17/h2-13,24H,14-15H2,1H3,(H2,23,25,26). The zero-order valence-corrected chi connectivity index (χ0v) is 17.1. The largest absolute Gasteiger partial charge is 0.497 e. The van der Waals surface area contributed by atoms with Crippen LogP contribution in [0.3, 0.4) is 0 Å². The highest BCUT2D eigenvalue weighted by Gasteiger charge is 2.14. The fourth-order valence-electron chi connectivity index (χ4n) is 2.62. The lowest BCUT2D eigenvalue weighted by molar-refractivity contribution is 0.251. The Kier molecular flexibility index (Phi) is 6.99. The molecule has 0 radical (unpaired) electrons. The van der Waals surface area contributed by atoms with E-state index in [0.717, 1.165) is 11.1 Å². The Balaban J connectivity index is 1.55. The third-order valence-electron chi connectivity index (χ3n) is 4.20. The van der Waals surface area contributed by atoms with Crippen molar-refractivity contribution in [3.05, 3.63) is 84.2 Å². The van der Waals surface area contributed by atoms with E-state index in [1.165, 1.54) is 24.3 Å². The van der Waals surface area contributed by atoms with Gasteiger partial charge < -0.3 is 15.4 Å². The van der Waals surface area contributed by atoms with E-state index in [1.54, 1.807) is 43.8 Å². The van der Waals surface area contributed by atoms with Crippen molar-refractivity contribution >= 4 is 21.7 Å². The summed E-state index contributed by atoms with van der Waals surface area (Å²) in [6, 6.07) is 16.3. The van der Waals surface area contributed by atoms with Crippen molar-refractivity contribution in [3.8, 4) is 5.75 Å². The van der Waals surface area contributed by atoms with Crippen LogP contribution in [-0.2, 0) is 23.1 Å². The molecular formula is C21H22N4O4S. The number of sulfonamides is 1. The molecule has 3 aromatic rings. The normalized spacial score (nSPS) is 11.0. The maximum absolute atomic E-state index is 12.5. The van der Waals surface area contributed by atoms with Gasteiger partial charge in [0.05, 0.1) is 12.0 Å². The lowest BCUT2D eigenvalue weighted by Crippen LogP contribution is -2.28. The predicted molar refractivity (Wildman–Crippen MR) is 114 cm³/mol. The molecule has 1 heterocycles. The van der Waals surface area contributed by atoms with Crippen LogP contribution in [0.4, 0.5) is 10.5 Å². The summed E-state index contributed by atoms with van der Waals surface area (Å²) in [7, 11) is -2.14. The van der Waals surface area contributed by atoms with Crippen LogP contribution < -0.4 is 20.1 Å². The monoisotopic (exact) mass is 426 g/mol. The van der Waals surface area contributed by atoms with Crippen molar-refractivity contribution in [1.82, 2.24) is 15.0 Å². The van der Waals surface area contributed by atoms with Gasteiger partial charge in [-0.3, -0.25) is 4.98 Å². The second kappa shape index (κ2) is 9.86. The molecule has 0 aliphatic carbocycles. The summed E-state index contributed by atoms with van der Waals surface area (Å²) in [6.45, 7) is 0.469. The van der Waals surface area contributed by atoms with E-state index in [2.05, 4.69) is 20.3 Å². The number of nitrogens with one attached hydrogen (secondary N) is 3. The predicted octanol–water partition coefficient (Wildman–Crippen LogP) is 2.89. The highest BCUT2D eigenvalue weighted by Crippen LogP contribution is 2.16. The molecule has 0 aliphatic rings. The van der Waals surface area contributed by atoms with Crippen molar-refractivity contribution in [1.29, 1.82) is 0 Å². The number of carbonyl (C=O) groups excluding carboxylic acids is 1. The quantitative estimate of drug-likeness (QED) is 0.513. The van der Waals surface area contributed by atoms with E-state index in [4.69, 9.17) is 4.74 Å². The second-order valence-electron chi connectivity index (χ2n) is 6.37. The van der Waals surface area contributed by atoms with Gasteiger partial charge in [0.25, 0.3) is 0 Å². The molecule has 0 unspecified atom stereocenters. The van der Waals surface area contributed by atoms with Crippen LogP contribution in [0.5, 0.6) is 5.75 Å². The lowest BCUT2D eigenvalue weighted by atomic mass is 10.2. The molecule has 1 aromatic heterocycles. The Morgan fingerprint density at radius 1 is 1.00 bits per heavy atom. The Labute approximate surface area is 175 Å². The van der Waals surface area contributed by atoms with Gasteiger partial charge in [-0.05, 0) is 53.6 Å². The molecule has 2 aromatic carbocycles. The minimum atomic E-state index is -3.70. The summed E-state index contributed by atoms with van der Waals surface area (Å²) < 4.78 is 32.7. The van der Waals surface area contributed by atoms with Gasteiger partial charge in [-0.1, -0.05) is 18.2 Å². The molecule has 8 nitrogen and oxygen atoms in total. The summed E-state index contributed by atoms with van der Waals surface area (Å²) in [5.41, 5.74) is 2.13. The average molecular weight is 426 g/mol. The third kappa shape index (κ3) is 6.03. The van der Waals surface area contributed by atoms with Crippen molar-refractivity contribution in [2.24, 2.45) is 0 Å². The fourth-order valence-corrected chi connectivity index (χ4v) is 3.64. The highest BCUT2D eigenvalue weighted by molar-refractivity contribution is 7.89. The first-order valence-electron chi connectivity index (χ1n) is 9.13. The number of hydrogen-bond donors (Lipinski definition) is 3. The lowest BCUT2D eigenvalue weighted by Gasteiger charge is -2.10. The van der Waals surface area contributed by atoms with Gasteiger partial charge in [-0.2, -0.15) is 0 Å². The minimum absolute atomic E-state index is 0.103. The van der Waals surface area contributed by atoms with E-state index >= 15 is 0 Å². The number of amides is 2. The number of methoxy groups -OCH3 is 1. The minimum Gasteiger partial charge on any atom is -0.497 e. The number of aromatic nitrogens is 1. The number of pyridine rings is 1. The summed E-state index contributed by atoms with van der Waals surface area (Å²) in [4.78, 5) is 16.1. The first kappa shape index (κ1) is 21.3. The van der Waals surface area contributed by atoms with Crippen LogP contribution in [0.25, 0.3) is 0 Å². The molecule has 30 heavy (non-hydrogen) atoms. The summed E-state index contributed by atoms with van der Waals surface area (Å²) >= 11 is 0. The Morgan fingerprint density at radius 2 is 1.77 bits per heavy atom. The van der Waals surface area contributed by atoms with Gasteiger partial charge >= 0.3 is 6.03 Å². The molecule has 0 atom stereocenters. The van der Waals surface area contributed by atoms with Gasteiger partial charge in [0.1, 0.15) is 5.75 Å². The van der Waals surface area contributed by atoms with E-state index in [-0.39, 0.29) is 11.4 Å². The highest BCUT2D eigenvalue weighted by atomic mass is 32.2. The number of rotatable bonds is 8. The molecule has 0 saturated carbocycles. The van der Waals surface area contributed by atoms with Gasteiger partial charge in [0, 0.05) is 31.2 Å². The molecule has 3 N–H and O–H groups in total. The molecule has 9 heteroatoms. The summed E-state index contributed by atoms with van der Waals surface area (Å²) in [5.74, 6) is 0.656. The zero-order chi connectivity index (χ0) is 21.4. The van der Waals surface area contributed by atoms with Crippen LogP contribution >= 0.6 is 0 Å². The van der Waals surface area contributed by atoms with Crippen molar-refractivity contribution < 1.29 is 17.9 Å². The number of ether oxygens (including phenoxy) is 1. The van der Waals surface area contributed by atoms with E-state index < -0.39 is 16.1 Å². The number of carbonyl (C=O) groups is 1. The molecular weight excluding hydrogens is 404 g/mol. The average Bonchev–Trinajstić information content (AvgIpc) is 2.77. The van der Waals surface area contributed by atoms with Crippen molar-refractivity contribution in [2.75, 3.05) is 12.4 Å². The summed E-state index contributed by atoms with van der Waals surface area (Å²) in [6.07, 6.45) is 3.32. The van der Waals surface area contributed by atoms with Crippen LogP contribution in [0, 0.1) is 0 Å². The van der Waals surface area contributed by atoms with E-state index in [9.17, 15) is 13.2 Å². The van der Waals surface area contributed by atoms with Gasteiger partial charge in [0.2, 0.25) is 10.0 Å². The number of hydrogen-bond acceptors (Lipinski definition) is 5. The van der Waals surface area contributed by atoms with Crippen LogP contribution in [0.2, 0.25) is 0 Å². The maximum Gasteiger partial charge on any atom is 0.319 e. The third-order valence-corrected chi connectivity index (χ3v) is 5.62. The van der Waals surface area contributed by atoms with Gasteiger partial charge in [-0.25, -0.2) is 17.9 Å². The smallest absolute Gasteiger partial charge is 0.319 e. The Bertz CT molecular complexity index is 1090. The first-order valence-corrected chi connectivity index (χ1v) is 10.6. The number of nitrogens with zero attached hydrogens (tertiary/aromatic N) is 1. The topological polar surface area (TPSA) is 109 Å². The molecule has 0 aliphatic heterocycles. The van der Waals surface area contributed by atoms with Gasteiger partial charge in [-0.15, -0.1) is 0 Å². The Morgan fingerprint density at radius 3 is 2.47 bits per heavy atom. The molecule has 0 spiro atoms. The SMILES string of the molecule is COc1cccc(CNS(=O)(=O)c2ccc(NC(=O)NCc3cccnc3)cc2)c1. The van der Waals surface area contributed by atoms with Gasteiger partial charge in [0.15, 0.2) is 0 Å². The maximum atomic E-state index is 12.5. The van der Waals surface area contributed by atoms with Crippen molar-refractivity contribution in [2.45, 2.75) is 18.0 Å². The summed E-state index contributed by atoms with van der Waals surface area (Å²) in [5, 5.41) is 5.37. The molecule has 0 bridgehead atoms. The van der Waals surface area contributed by atoms with E-state index in [0.29, 0.717) is 18.0 Å². The van der Waals surface area contributed by atoms with Crippen LogP contribution in [0.1, 0.15) is 11.1 Å². The fraction of sp³-hybridized carbons (Fsp3) is 0.143. The molecule has 3 rings (SSSR count). The van der Waals surface area contributed by atoms with Crippen LogP contribution in [0.15, 0.2) is 78.0 Å². The Hall–Kier alpha value is -3.43. The van der Waals surface area contributed by atoms with Crippen LogP contribution in [-0.4, -0.2) is 26.5 Å². The number of anilines is 1. The first-order chi connectivity index (χ1) is 14.5. The molecule has 0 fully saturated rings. The second-order valence-corrected chi connectivity index (χ2v) is 8.14. The van der Waals surface area contributed by atoms with Crippen molar-refractivity contribution in [3.63, 3.8) is 0 Å². The molecule has 156 valence electrons. The molecule has 2 amide bonds. The molecule has 0 saturated heterocycles. The number of urea groups is 1.